The monoisotopic (exact) mass is 197 g/mol. The summed E-state index contributed by atoms with van der Waals surface area (Å²) in [6, 6.07) is 0. The van der Waals surface area contributed by atoms with E-state index >= 15 is 0 Å². The molecular formula is C10H15NO3. The molecule has 4 nitrogen and oxygen atoms in total. The summed E-state index contributed by atoms with van der Waals surface area (Å²) in [5.41, 5.74) is 0.0434. The van der Waals surface area contributed by atoms with Gasteiger partial charge < -0.3 is 9.15 Å². The van der Waals surface area contributed by atoms with Gasteiger partial charge in [0, 0.05) is 5.41 Å². The van der Waals surface area contributed by atoms with Crippen molar-refractivity contribution in [2.45, 2.75) is 33.1 Å². The number of rotatable bonds is 2. The average molecular weight is 197 g/mol. The molecule has 0 aliphatic heterocycles. The molecule has 0 bridgehead atoms. The van der Waals surface area contributed by atoms with E-state index in [1.165, 1.54) is 6.26 Å². The van der Waals surface area contributed by atoms with Crippen LogP contribution in [-0.2, 0) is 10.2 Å². The highest BCUT2D eigenvalue weighted by Crippen LogP contribution is 2.21. The zero-order valence-corrected chi connectivity index (χ0v) is 8.96. The third kappa shape index (κ3) is 2.34. The first-order chi connectivity index (χ1) is 6.45. The van der Waals surface area contributed by atoms with Gasteiger partial charge in [-0.25, -0.2) is 9.78 Å². The van der Waals surface area contributed by atoms with Gasteiger partial charge in [-0.3, -0.25) is 0 Å². The number of carbonyl (C=O) groups is 1. The highest BCUT2D eigenvalue weighted by atomic mass is 16.5. The molecular weight excluding hydrogens is 182 g/mol. The summed E-state index contributed by atoms with van der Waals surface area (Å²) < 4.78 is 9.98. The van der Waals surface area contributed by atoms with E-state index < -0.39 is 5.97 Å². The first-order valence-corrected chi connectivity index (χ1v) is 4.58. The maximum atomic E-state index is 11.2. The topological polar surface area (TPSA) is 52.3 Å². The van der Waals surface area contributed by atoms with E-state index in [0.717, 1.165) is 0 Å². The van der Waals surface area contributed by atoms with Crippen LogP contribution >= 0.6 is 0 Å². The van der Waals surface area contributed by atoms with Crippen molar-refractivity contribution in [3.8, 4) is 0 Å². The van der Waals surface area contributed by atoms with Crippen LogP contribution in [0.15, 0.2) is 10.7 Å². The first-order valence-electron chi connectivity index (χ1n) is 4.58. The lowest BCUT2D eigenvalue weighted by molar-refractivity contribution is 0.0519. The minimum absolute atomic E-state index is 0.190. The smallest absolute Gasteiger partial charge is 0.360 e. The van der Waals surface area contributed by atoms with Crippen molar-refractivity contribution in [3.05, 3.63) is 17.8 Å². The quantitative estimate of drug-likeness (QED) is 0.681. The molecule has 0 atom stereocenters. The number of aromatic nitrogens is 1. The van der Waals surface area contributed by atoms with Gasteiger partial charge in [0.1, 0.15) is 6.26 Å². The molecule has 4 heteroatoms. The van der Waals surface area contributed by atoms with Gasteiger partial charge in [-0.05, 0) is 6.92 Å². The molecule has 0 N–H and O–H groups in total. The van der Waals surface area contributed by atoms with Crippen LogP contribution < -0.4 is 0 Å². The molecule has 0 aliphatic rings. The van der Waals surface area contributed by atoms with Gasteiger partial charge >= 0.3 is 5.97 Å². The minimum Gasteiger partial charge on any atom is -0.461 e. The fourth-order valence-electron chi connectivity index (χ4n) is 0.917. The van der Waals surface area contributed by atoms with Gasteiger partial charge in [0.25, 0.3) is 0 Å². The molecule has 1 aromatic rings. The summed E-state index contributed by atoms with van der Waals surface area (Å²) in [4.78, 5) is 15.3. The Morgan fingerprint density at radius 2 is 2.21 bits per heavy atom. The number of esters is 1. The summed E-state index contributed by atoms with van der Waals surface area (Å²) in [7, 11) is 0. The Kier molecular flexibility index (Phi) is 2.93. The van der Waals surface area contributed by atoms with Gasteiger partial charge in [0.15, 0.2) is 11.6 Å². The van der Waals surface area contributed by atoms with Crippen molar-refractivity contribution in [3.63, 3.8) is 0 Å². The Morgan fingerprint density at radius 1 is 1.57 bits per heavy atom. The molecule has 0 spiro atoms. The van der Waals surface area contributed by atoms with E-state index in [1.54, 1.807) is 6.92 Å². The van der Waals surface area contributed by atoms with Gasteiger partial charge in [-0.15, -0.1) is 0 Å². The molecule has 0 fully saturated rings. The molecule has 1 rings (SSSR count). The van der Waals surface area contributed by atoms with Crippen molar-refractivity contribution in [1.82, 2.24) is 4.98 Å². The molecule has 0 aliphatic carbocycles. The Labute approximate surface area is 83.3 Å². The molecule has 14 heavy (non-hydrogen) atoms. The standard InChI is InChI=1S/C10H15NO3/c1-5-13-8(12)7-6-14-9(11-7)10(2,3)4/h6H,5H2,1-4H3. The fraction of sp³-hybridized carbons (Fsp3) is 0.600. The van der Waals surface area contributed by atoms with E-state index in [9.17, 15) is 4.79 Å². The van der Waals surface area contributed by atoms with E-state index in [0.29, 0.717) is 12.5 Å². The van der Waals surface area contributed by atoms with Crippen molar-refractivity contribution >= 4 is 5.97 Å². The Hall–Kier alpha value is -1.32. The lowest BCUT2D eigenvalue weighted by Gasteiger charge is -2.11. The highest BCUT2D eigenvalue weighted by molar-refractivity contribution is 5.86. The van der Waals surface area contributed by atoms with Gasteiger partial charge in [-0.2, -0.15) is 0 Å². The average Bonchev–Trinajstić information content (AvgIpc) is 2.51. The fourth-order valence-corrected chi connectivity index (χ4v) is 0.917. The van der Waals surface area contributed by atoms with Crippen molar-refractivity contribution in [2.75, 3.05) is 6.61 Å². The van der Waals surface area contributed by atoms with Gasteiger partial charge in [0.05, 0.1) is 6.61 Å². The van der Waals surface area contributed by atoms with Gasteiger partial charge in [-0.1, -0.05) is 20.8 Å². The number of hydrogen-bond acceptors (Lipinski definition) is 4. The summed E-state index contributed by atoms with van der Waals surface area (Å²) in [5.74, 6) is 0.104. The Balaban J connectivity index is 2.83. The molecule has 0 saturated carbocycles. The third-order valence-electron chi connectivity index (χ3n) is 1.63. The predicted molar refractivity (Wildman–Crippen MR) is 51.2 cm³/mol. The Morgan fingerprint density at radius 3 is 2.64 bits per heavy atom. The highest BCUT2D eigenvalue weighted by Gasteiger charge is 2.22. The van der Waals surface area contributed by atoms with Crippen LogP contribution in [0.2, 0.25) is 0 Å². The summed E-state index contributed by atoms with van der Waals surface area (Å²) in [6.45, 7) is 7.99. The van der Waals surface area contributed by atoms with Crippen LogP contribution in [0.25, 0.3) is 0 Å². The van der Waals surface area contributed by atoms with Crippen LogP contribution in [0.3, 0.4) is 0 Å². The molecule has 78 valence electrons. The number of nitrogens with zero attached hydrogens (tertiary/aromatic N) is 1. The number of hydrogen-bond donors (Lipinski definition) is 0. The first kappa shape index (κ1) is 10.8. The second-order valence-electron chi connectivity index (χ2n) is 4.01. The molecule has 0 aromatic carbocycles. The van der Waals surface area contributed by atoms with Crippen molar-refractivity contribution < 1.29 is 13.9 Å². The molecule has 1 aromatic heterocycles. The second kappa shape index (κ2) is 3.82. The number of carbonyl (C=O) groups excluding carboxylic acids is 1. The normalized spacial score (nSPS) is 11.4. The van der Waals surface area contributed by atoms with Crippen molar-refractivity contribution in [1.29, 1.82) is 0 Å². The summed E-state index contributed by atoms with van der Waals surface area (Å²) >= 11 is 0. The predicted octanol–water partition coefficient (Wildman–Crippen LogP) is 2.15. The largest absolute Gasteiger partial charge is 0.461 e. The third-order valence-corrected chi connectivity index (χ3v) is 1.63. The molecule has 0 saturated heterocycles. The number of oxazole rings is 1. The van der Waals surface area contributed by atoms with Crippen LogP contribution in [0.1, 0.15) is 44.1 Å². The zero-order chi connectivity index (χ0) is 10.8. The second-order valence-corrected chi connectivity index (χ2v) is 4.01. The van der Waals surface area contributed by atoms with Crippen LogP contribution in [0.4, 0.5) is 0 Å². The van der Waals surface area contributed by atoms with E-state index in [-0.39, 0.29) is 11.1 Å². The molecule has 1 heterocycles. The SMILES string of the molecule is CCOC(=O)c1coc(C(C)(C)C)n1. The van der Waals surface area contributed by atoms with Crippen LogP contribution in [-0.4, -0.2) is 17.6 Å². The minimum atomic E-state index is -0.438. The van der Waals surface area contributed by atoms with E-state index in [1.807, 2.05) is 20.8 Å². The van der Waals surface area contributed by atoms with E-state index in [4.69, 9.17) is 9.15 Å². The van der Waals surface area contributed by atoms with Crippen molar-refractivity contribution in [2.24, 2.45) is 0 Å². The zero-order valence-electron chi connectivity index (χ0n) is 8.96. The lowest BCUT2D eigenvalue weighted by Crippen LogP contribution is -2.12. The number of ether oxygens (including phenoxy) is 1. The lowest BCUT2D eigenvalue weighted by atomic mass is 9.97. The van der Waals surface area contributed by atoms with E-state index in [2.05, 4.69) is 4.98 Å². The summed E-state index contributed by atoms with van der Waals surface area (Å²) in [6.07, 6.45) is 1.33. The molecule has 0 amide bonds. The Bertz CT molecular complexity index is 322. The van der Waals surface area contributed by atoms with Gasteiger partial charge in [0.2, 0.25) is 0 Å². The maximum absolute atomic E-state index is 11.2. The molecule has 0 radical (unpaired) electrons. The molecule has 0 unspecified atom stereocenters. The van der Waals surface area contributed by atoms with Crippen LogP contribution in [0, 0.1) is 0 Å². The summed E-state index contributed by atoms with van der Waals surface area (Å²) in [5, 5.41) is 0. The maximum Gasteiger partial charge on any atom is 0.360 e. The van der Waals surface area contributed by atoms with Crippen LogP contribution in [0.5, 0.6) is 0 Å².